The lowest BCUT2D eigenvalue weighted by molar-refractivity contribution is -0.139. The lowest BCUT2D eigenvalue weighted by Crippen LogP contribution is -2.10. The molecule has 0 radical (unpaired) electrons. The van der Waals surface area contributed by atoms with Gasteiger partial charge in [0.05, 0.1) is 2.74 Å². The van der Waals surface area contributed by atoms with Gasteiger partial charge in [-0.05, 0) is 72.0 Å². The molecule has 0 atom stereocenters. The van der Waals surface area contributed by atoms with Gasteiger partial charge in [-0.2, -0.15) is 0 Å². The van der Waals surface area contributed by atoms with E-state index in [1.807, 2.05) is 13.8 Å². The van der Waals surface area contributed by atoms with Crippen molar-refractivity contribution in [3.63, 3.8) is 0 Å². The van der Waals surface area contributed by atoms with Crippen LogP contribution in [0.1, 0.15) is 58.5 Å². The van der Waals surface area contributed by atoms with Gasteiger partial charge < -0.3 is 14.9 Å². The summed E-state index contributed by atoms with van der Waals surface area (Å²) in [7, 11) is 0. The van der Waals surface area contributed by atoms with Gasteiger partial charge in [-0.15, -0.1) is 0 Å². The van der Waals surface area contributed by atoms with Crippen LogP contribution in [0.25, 0.3) is 0 Å². The van der Waals surface area contributed by atoms with Crippen molar-refractivity contribution < 1.29 is 30.7 Å². The van der Waals surface area contributed by atoms with Gasteiger partial charge in [0, 0.05) is 8.22 Å². The average Bonchev–Trinajstić information content (AvgIpc) is 2.60. The summed E-state index contributed by atoms with van der Waals surface area (Å²) in [5.74, 6) is -2.16. The van der Waals surface area contributed by atoms with Crippen molar-refractivity contribution >= 4 is 5.97 Å². The van der Waals surface area contributed by atoms with Gasteiger partial charge in [-0.1, -0.05) is 26.0 Å². The fourth-order valence-electron chi connectivity index (χ4n) is 2.30. The van der Waals surface area contributed by atoms with Crippen LogP contribution in [0.5, 0.6) is 11.5 Å². The highest BCUT2D eigenvalue weighted by molar-refractivity contribution is 5.68. The Kier molecular flexibility index (Phi) is 2.99. The molecule has 2 aromatic rings. The molecule has 128 valence electrons. The number of ether oxygens (including phenoxy) is 1. The first-order valence-corrected chi connectivity index (χ1v) is 7.39. The van der Waals surface area contributed by atoms with Crippen molar-refractivity contribution in [2.24, 2.45) is 0 Å². The van der Waals surface area contributed by atoms with Crippen molar-refractivity contribution in [1.82, 2.24) is 0 Å². The SMILES string of the molecule is [2H]c1c(OCC(=O)O)c([2H])c(C([2H])([2H])[2H])c(Cc2ccc(O)c(C(C)C)c2)c1C([2H])([2H])[2H]. The lowest BCUT2D eigenvalue weighted by atomic mass is 9.93. The highest BCUT2D eigenvalue weighted by atomic mass is 16.5. The maximum Gasteiger partial charge on any atom is 0.341 e. The van der Waals surface area contributed by atoms with Crippen molar-refractivity contribution in [2.45, 2.75) is 39.9 Å². The minimum absolute atomic E-state index is 0.0376. The fourth-order valence-corrected chi connectivity index (χ4v) is 2.30. The summed E-state index contributed by atoms with van der Waals surface area (Å²) in [6.07, 6.45) is -0.224. The number of phenolic OH excluding ortho intramolecular Hbond substituents is 1. The third kappa shape index (κ3) is 4.28. The Balaban J connectivity index is 2.86. The molecule has 0 heterocycles. The first kappa shape index (κ1) is 9.72. The number of benzene rings is 2. The first-order chi connectivity index (χ1) is 14.6. The second-order valence-electron chi connectivity index (χ2n) is 5.71. The van der Waals surface area contributed by atoms with E-state index in [1.165, 1.54) is 12.1 Å². The number of aromatic hydroxyl groups is 1. The number of carbonyl (C=O) groups is 1. The predicted octanol–water partition coefficient (Wildman–Crippen LogP) is 4.19. The van der Waals surface area contributed by atoms with Gasteiger partial charge in [-0.3, -0.25) is 0 Å². The van der Waals surface area contributed by atoms with Crippen LogP contribution in [0.3, 0.4) is 0 Å². The van der Waals surface area contributed by atoms with E-state index in [1.54, 1.807) is 6.07 Å². The number of hydrogen-bond donors (Lipinski definition) is 2. The average molecular weight is 336 g/mol. The predicted molar refractivity (Wildman–Crippen MR) is 94.0 cm³/mol. The maximum atomic E-state index is 10.9. The normalized spacial score (nSPS) is 16.8. The van der Waals surface area contributed by atoms with Gasteiger partial charge in [0.25, 0.3) is 0 Å². The van der Waals surface area contributed by atoms with E-state index in [0.29, 0.717) is 11.1 Å². The molecule has 0 unspecified atom stereocenters. The third-order valence-electron chi connectivity index (χ3n) is 3.52. The highest BCUT2D eigenvalue weighted by Gasteiger charge is 2.11. The molecule has 4 heteroatoms. The summed E-state index contributed by atoms with van der Waals surface area (Å²) >= 11 is 0. The quantitative estimate of drug-likeness (QED) is 0.830. The van der Waals surface area contributed by atoms with Crippen molar-refractivity contribution in [1.29, 1.82) is 0 Å². The molecule has 0 saturated carbocycles. The number of carboxylic acid groups (broad SMARTS) is 1. The van der Waals surface area contributed by atoms with Gasteiger partial charge >= 0.3 is 5.97 Å². The molecule has 0 fully saturated rings. The topological polar surface area (TPSA) is 66.8 Å². The Hall–Kier alpha value is -2.49. The Labute approximate surface area is 154 Å². The summed E-state index contributed by atoms with van der Waals surface area (Å²) in [5, 5.41) is 18.9. The van der Waals surface area contributed by atoms with Crippen LogP contribution in [-0.2, 0) is 11.2 Å². The molecule has 0 bridgehead atoms. The molecule has 0 spiro atoms. The number of carboxylic acids is 1. The van der Waals surface area contributed by atoms with Crippen LogP contribution in [0.2, 0.25) is 0 Å². The maximum absolute atomic E-state index is 10.9. The molecular formula is C20H24O4. The molecule has 2 aromatic carbocycles. The van der Waals surface area contributed by atoms with Gasteiger partial charge in [0.15, 0.2) is 6.61 Å². The minimum Gasteiger partial charge on any atom is -0.508 e. The van der Waals surface area contributed by atoms with E-state index < -0.39 is 55.2 Å². The molecule has 24 heavy (non-hydrogen) atoms. The lowest BCUT2D eigenvalue weighted by Gasteiger charge is -2.15. The zero-order valence-corrected chi connectivity index (χ0v) is 13.4. The van der Waals surface area contributed by atoms with E-state index in [9.17, 15) is 9.90 Å². The van der Waals surface area contributed by atoms with E-state index >= 15 is 0 Å². The van der Waals surface area contributed by atoms with Crippen molar-refractivity contribution in [2.75, 3.05) is 6.61 Å². The smallest absolute Gasteiger partial charge is 0.341 e. The van der Waals surface area contributed by atoms with Gasteiger partial charge in [0.2, 0.25) is 0 Å². The van der Waals surface area contributed by atoms with E-state index in [0.717, 1.165) is 0 Å². The molecular weight excluding hydrogens is 304 g/mol. The zero-order chi connectivity index (χ0) is 24.6. The van der Waals surface area contributed by atoms with E-state index in [4.69, 9.17) is 20.8 Å². The molecule has 0 aromatic heterocycles. The third-order valence-corrected chi connectivity index (χ3v) is 3.52. The van der Waals surface area contributed by atoms with Crippen LogP contribution in [-0.4, -0.2) is 22.8 Å². The molecule has 0 aliphatic carbocycles. The molecule has 0 aliphatic rings. The van der Waals surface area contributed by atoms with Crippen LogP contribution in [0, 0.1) is 13.7 Å². The van der Waals surface area contributed by atoms with Gasteiger partial charge in [0.1, 0.15) is 11.5 Å². The van der Waals surface area contributed by atoms with Crippen LogP contribution in [0.4, 0.5) is 0 Å². The Morgan fingerprint density at radius 1 is 1.29 bits per heavy atom. The van der Waals surface area contributed by atoms with Crippen LogP contribution in [0.15, 0.2) is 30.3 Å². The summed E-state index contributed by atoms with van der Waals surface area (Å²) in [4.78, 5) is 10.9. The van der Waals surface area contributed by atoms with E-state index in [2.05, 4.69) is 0 Å². The van der Waals surface area contributed by atoms with E-state index in [-0.39, 0.29) is 23.7 Å². The molecule has 2 N–H and O–H groups in total. The summed E-state index contributed by atoms with van der Waals surface area (Å²) in [6.45, 7) is -3.13. The molecule has 4 nitrogen and oxygen atoms in total. The first-order valence-electron chi connectivity index (χ1n) is 11.4. The minimum atomic E-state index is -2.93. The monoisotopic (exact) mass is 336 g/mol. The summed E-state index contributed by atoms with van der Waals surface area (Å²) in [5.41, 5.74) is -0.395. The van der Waals surface area contributed by atoms with Crippen molar-refractivity contribution in [3.05, 3.63) is 58.1 Å². The highest BCUT2D eigenvalue weighted by Crippen LogP contribution is 2.29. The molecule has 2 rings (SSSR count). The van der Waals surface area contributed by atoms with Crippen molar-refractivity contribution in [3.8, 4) is 11.5 Å². The number of hydrogen-bond acceptors (Lipinski definition) is 3. The van der Waals surface area contributed by atoms with Gasteiger partial charge in [-0.25, -0.2) is 4.79 Å². The fraction of sp³-hybridized carbons (Fsp3) is 0.350. The number of rotatable bonds is 6. The Bertz CT molecular complexity index is 985. The summed E-state index contributed by atoms with van der Waals surface area (Å²) < 4.78 is 69.0. The Morgan fingerprint density at radius 3 is 2.50 bits per heavy atom. The standard InChI is InChI=1S/C20H24O4/c1-12(2)17-9-15(5-6-19(17)21)10-18-13(3)7-16(8-14(18)4)24-11-20(22)23/h5-9,12,21H,10-11H2,1-4H3,(H,22,23)/i3D3,4D3,7D,8D. The number of phenols is 1. The Morgan fingerprint density at radius 2 is 1.96 bits per heavy atom. The largest absolute Gasteiger partial charge is 0.508 e. The number of aliphatic carboxylic acids is 1. The molecule has 0 amide bonds. The zero-order valence-electron chi connectivity index (χ0n) is 21.4. The van der Waals surface area contributed by atoms with Crippen LogP contribution >= 0.6 is 0 Å². The van der Waals surface area contributed by atoms with Crippen LogP contribution < -0.4 is 4.74 Å². The molecule has 0 aliphatic heterocycles. The second-order valence-corrected chi connectivity index (χ2v) is 5.71. The second kappa shape index (κ2) is 7.39. The summed E-state index contributed by atoms with van der Waals surface area (Å²) in [6, 6.07) is 3.05. The molecule has 0 saturated heterocycles.